The van der Waals surface area contributed by atoms with Crippen molar-refractivity contribution in [1.29, 1.82) is 0 Å². The van der Waals surface area contributed by atoms with Gasteiger partial charge in [-0.25, -0.2) is 0 Å². The maximum absolute atomic E-state index is 11.2. The van der Waals surface area contributed by atoms with Crippen LogP contribution in [0, 0.1) is 0 Å². The van der Waals surface area contributed by atoms with E-state index in [0.717, 1.165) is 18.4 Å². The highest BCUT2D eigenvalue weighted by atomic mass is 16.5. The SMILES string of the molecule is COC(=O)C(N)Cc1ccc2c(c1)CCC=C2. The van der Waals surface area contributed by atoms with Gasteiger partial charge in [0.05, 0.1) is 7.11 Å². The summed E-state index contributed by atoms with van der Waals surface area (Å²) in [5.74, 6) is -0.359. The molecule has 3 heteroatoms. The summed E-state index contributed by atoms with van der Waals surface area (Å²) in [6, 6.07) is 5.68. The lowest BCUT2D eigenvalue weighted by Crippen LogP contribution is -2.33. The van der Waals surface area contributed by atoms with Crippen molar-refractivity contribution in [2.24, 2.45) is 5.73 Å². The topological polar surface area (TPSA) is 52.3 Å². The van der Waals surface area contributed by atoms with E-state index in [1.807, 2.05) is 6.07 Å². The average Bonchev–Trinajstić information content (AvgIpc) is 2.37. The molecule has 1 atom stereocenters. The lowest BCUT2D eigenvalue weighted by atomic mass is 9.93. The standard InChI is InChI=1S/C14H17NO2/c1-17-14(16)13(15)9-10-6-7-11-4-2-3-5-12(11)8-10/h2,4,6-8,13H,3,5,9,15H2,1H3. The fraction of sp³-hybridized carbons (Fsp3) is 0.357. The maximum atomic E-state index is 11.2. The lowest BCUT2D eigenvalue weighted by molar-refractivity contribution is -0.142. The molecule has 0 heterocycles. The van der Waals surface area contributed by atoms with Crippen molar-refractivity contribution in [1.82, 2.24) is 0 Å². The molecular weight excluding hydrogens is 214 g/mol. The number of methoxy groups -OCH3 is 1. The normalized spacial score (nSPS) is 15.2. The molecule has 1 aromatic rings. The van der Waals surface area contributed by atoms with Crippen LogP contribution < -0.4 is 5.73 Å². The Bertz CT molecular complexity index is 452. The van der Waals surface area contributed by atoms with Gasteiger partial charge in [-0.3, -0.25) is 4.79 Å². The van der Waals surface area contributed by atoms with Crippen molar-refractivity contribution in [3.05, 3.63) is 41.0 Å². The van der Waals surface area contributed by atoms with Crippen LogP contribution in [0.15, 0.2) is 24.3 Å². The second-order valence-electron chi connectivity index (χ2n) is 4.31. The number of ether oxygens (including phenoxy) is 1. The largest absolute Gasteiger partial charge is 0.468 e. The summed E-state index contributed by atoms with van der Waals surface area (Å²) in [4.78, 5) is 11.2. The molecule has 90 valence electrons. The van der Waals surface area contributed by atoms with Crippen LogP contribution in [0.3, 0.4) is 0 Å². The Morgan fingerprint density at radius 1 is 1.53 bits per heavy atom. The van der Waals surface area contributed by atoms with Crippen LogP contribution in [0.4, 0.5) is 0 Å². The summed E-state index contributed by atoms with van der Waals surface area (Å²) in [5.41, 5.74) is 9.45. The first-order valence-electron chi connectivity index (χ1n) is 5.82. The Kier molecular flexibility index (Phi) is 3.59. The van der Waals surface area contributed by atoms with E-state index >= 15 is 0 Å². The molecule has 17 heavy (non-hydrogen) atoms. The molecule has 1 aliphatic rings. The van der Waals surface area contributed by atoms with Crippen LogP contribution >= 0.6 is 0 Å². The zero-order valence-electron chi connectivity index (χ0n) is 9.98. The fourth-order valence-electron chi connectivity index (χ4n) is 2.10. The van der Waals surface area contributed by atoms with Crippen LogP contribution in [-0.2, 0) is 22.4 Å². The van der Waals surface area contributed by atoms with Crippen molar-refractivity contribution in [3.63, 3.8) is 0 Å². The van der Waals surface area contributed by atoms with Crippen LogP contribution in [0.2, 0.25) is 0 Å². The van der Waals surface area contributed by atoms with Crippen molar-refractivity contribution in [2.45, 2.75) is 25.3 Å². The Morgan fingerprint density at radius 2 is 2.35 bits per heavy atom. The molecule has 2 N–H and O–H groups in total. The Labute approximate surface area is 101 Å². The third-order valence-electron chi connectivity index (χ3n) is 3.04. The summed E-state index contributed by atoms with van der Waals surface area (Å²) in [5, 5.41) is 0. The van der Waals surface area contributed by atoms with Gasteiger partial charge >= 0.3 is 5.97 Å². The molecule has 0 spiro atoms. The predicted octanol–water partition coefficient (Wildman–Crippen LogP) is 1.69. The van der Waals surface area contributed by atoms with E-state index in [9.17, 15) is 4.79 Å². The van der Waals surface area contributed by atoms with Crippen LogP contribution in [-0.4, -0.2) is 19.1 Å². The Balaban J connectivity index is 2.12. The summed E-state index contributed by atoms with van der Waals surface area (Å²) < 4.78 is 4.62. The van der Waals surface area contributed by atoms with Crippen molar-refractivity contribution in [2.75, 3.05) is 7.11 Å². The van der Waals surface area contributed by atoms with E-state index in [0.29, 0.717) is 6.42 Å². The highest BCUT2D eigenvalue weighted by molar-refractivity contribution is 5.75. The zero-order valence-corrected chi connectivity index (χ0v) is 9.98. The third kappa shape index (κ3) is 2.74. The lowest BCUT2D eigenvalue weighted by Gasteiger charge is -2.14. The highest BCUT2D eigenvalue weighted by Gasteiger charge is 2.15. The van der Waals surface area contributed by atoms with Gasteiger partial charge in [0.15, 0.2) is 0 Å². The monoisotopic (exact) mass is 231 g/mol. The molecule has 0 saturated carbocycles. The Hall–Kier alpha value is -1.61. The van der Waals surface area contributed by atoms with E-state index < -0.39 is 6.04 Å². The van der Waals surface area contributed by atoms with Gasteiger partial charge in [0.25, 0.3) is 0 Å². The summed E-state index contributed by atoms with van der Waals surface area (Å²) >= 11 is 0. The summed E-state index contributed by atoms with van der Waals surface area (Å²) in [6.45, 7) is 0. The number of allylic oxidation sites excluding steroid dienone is 1. The summed E-state index contributed by atoms with van der Waals surface area (Å²) in [6.07, 6.45) is 7.00. The van der Waals surface area contributed by atoms with Crippen molar-refractivity contribution < 1.29 is 9.53 Å². The van der Waals surface area contributed by atoms with Crippen LogP contribution in [0.25, 0.3) is 6.08 Å². The Morgan fingerprint density at radius 3 is 3.12 bits per heavy atom. The van der Waals surface area contributed by atoms with Gasteiger partial charge in [0, 0.05) is 0 Å². The van der Waals surface area contributed by atoms with Crippen LogP contribution in [0.5, 0.6) is 0 Å². The molecule has 0 fully saturated rings. The van der Waals surface area contributed by atoms with Gasteiger partial charge in [-0.05, 0) is 36.0 Å². The molecule has 1 aromatic carbocycles. The summed E-state index contributed by atoms with van der Waals surface area (Å²) in [7, 11) is 1.36. The molecule has 0 bridgehead atoms. The molecular formula is C14H17NO2. The van der Waals surface area contributed by atoms with E-state index in [2.05, 4.69) is 29.0 Å². The number of hydrogen-bond donors (Lipinski definition) is 1. The van der Waals surface area contributed by atoms with Crippen LogP contribution in [0.1, 0.15) is 23.1 Å². The smallest absolute Gasteiger partial charge is 0.322 e. The zero-order chi connectivity index (χ0) is 12.3. The van der Waals surface area contributed by atoms with E-state index in [-0.39, 0.29) is 5.97 Å². The number of fused-ring (bicyclic) bond motifs is 1. The number of aryl methyl sites for hydroxylation is 1. The van der Waals surface area contributed by atoms with E-state index in [1.165, 1.54) is 18.2 Å². The number of esters is 1. The van der Waals surface area contributed by atoms with Gasteiger partial charge in [-0.2, -0.15) is 0 Å². The highest BCUT2D eigenvalue weighted by Crippen LogP contribution is 2.20. The molecule has 2 rings (SSSR count). The first-order valence-corrected chi connectivity index (χ1v) is 5.82. The van der Waals surface area contributed by atoms with Gasteiger partial charge in [0.2, 0.25) is 0 Å². The van der Waals surface area contributed by atoms with E-state index in [1.54, 1.807) is 0 Å². The molecule has 1 unspecified atom stereocenters. The average molecular weight is 231 g/mol. The number of hydrogen-bond acceptors (Lipinski definition) is 3. The molecule has 3 nitrogen and oxygen atoms in total. The molecule has 0 aromatic heterocycles. The van der Waals surface area contributed by atoms with Gasteiger partial charge in [-0.15, -0.1) is 0 Å². The van der Waals surface area contributed by atoms with Gasteiger partial charge in [-0.1, -0.05) is 30.4 Å². The number of carbonyl (C=O) groups excluding carboxylic acids is 1. The molecule has 1 aliphatic carbocycles. The molecule has 0 saturated heterocycles. The van der Waals surface area contributed by atoms with Crippen molar-refractivity contribution in [3.8, 4) is 0 Å². The minimum Gasteiger partial charge on any atom is -0.468 e. The minimum absolute atomic E-state index is 0.359. The maximum Gasteiger partial charge on any atom is 0.322 e. The van der Waals surface area contributed by atoms with E-state index in [4.69, 9.17) is 5.73 Å². The van der Waals surface area contributed by atoms with Gasteiger partial charge < -0.3 is 10.5 Å². The first-order chi connectivity index (χ1) is 8.20. The number of carbonyl (C=O) groups is 1. The first kappa shape index (κ1) is 11.9. The quantitative estimate of drug-likeness (QED) is 0.805. The second-order valence-corrected chi connectivity index (χ2v) is 4.31. The molecule has 0 aliphatic heterocycles. The minimum atomic E-state index is -0.572. The molecule has 0 amide bonds. The molecule has 0 radical (unpaired) electrons. The fourth-order valence-corrected chi connectivity index (χ4v) is 2.10. The second kappa shape index (κ2) is 5.15. The predicted molar refractivity (Wildman–Crippen MR) is 67.5 cm³/mol. The number of benzene rings is 1. The van der Waals surface area contributed by atoms with Gasteiger partial charge in [0.1, 0.15) is 6.04 Å². The van der Waals surface area contributed by atoms with Crippen molar-refractivity contribution >= 4 is 12.0 Å². The number of rotatable bonds is 3. The third-order valence-corrected chi connectivity index (χ3v) is 3.04. The number of nitrogens with two attached hydrogens (primary N) is 1.